The highest BCUT2D eigenvalue weighted by atomic mass is 16.5. The highest BCUT2D eigenvalue weighted by Crippen LogP contribution is 2.14. The third kappa shape index (κ3) is 3.43. The van der Waals surface area contributed by atoms with Crippen molar-refractivity contribution in [2.75, 3.05) is 37.8 Å². The van der Waals surface area contributed by atoms with E-state index >= 15 is 0 Å². The molecule has 1 aromatic rings. The van der Waals surface area contributed by atoms with Crippen molar-refractivity contribution in [3.63, 3.8) is 0 Å². The van der Waals surface area contributed by atoms with Gasteiger partial charge in [-0.05, 0) is 26.4 Å². The average molecular weight is 252 g/mol. The second-order valence-corrected chi connectivity index (χ2v) is 4.54. The summed E-state index contributed by atoms with van der Waals surface area (Å²) in [6.45, 7) is 4.67. The summed E-state index contributed by atoms with van der Waals surface area (Å²) >= 11 is 0. The first kappa shape index (κ1) is 12.8. The molecule has 1 atom stereocenters. The number of aromatic nitrogens is 3. The van der Waals surface area contributed by atoms with Crippen molar-refractivity contribution >= 4 is 11.9 Å². The Kier molecular flexibility index (Phi) is 4.14. The van der Waals surface area contributed by atoms with E-state index in [0.717, 1.165) is 25.9 Å². The van der Waals surface area contributed by atoms with E-state index in [9.17, 15) is 0 Å². The molecular formula is C11H20N6O. The first-order valence-corrected chi connectivity index (χ1v) is 6.27. The Labute approximate surface area is 107 Å². The van der Waals surface area contributed by atoms with E-state index in [0.29, 0.717) is 24.6 Å². The number of nitrogens with two attached hydrogens (primary N) is 1. The van der Waals surface area contributed by atoms with Crippen LogP contribution in [0.2, 0.25) is 0 Å². The van der Waals surface area contributed by atoms with Gasteiger partial charge < -0.3 is 20.7 Å². The minimum atomic E-state index is 0.185. The lowest BCUT2D eigenvalue weighted by Gasteiger charge is -2.13. The van der Waals surface area contributed by atoms with Crippen molar-refractivity contribution < 1.29 is 4.74 Å². The Bertz CT molecular complexity index is 399. The molecule has 1 aliphatic rings. The molecule has 7 nitrogen and oxygen atoms in total. The molecular weight excluding hydrogens is 232 g/mol. The van der Waals surface area contributed by atoms with Crippen LogP contribution in [-0.2, 0) is 0 Å². The van der Waals surface area contributed by atoms with Crippen molar-refractivity contribution in [3.05, 3.63) is 0 Å². The molecule has 1 aromatic heterocycles. The molecule has 0 aromatic carbocycles. The SMILES string of the molecule is CCCOc1nc(N)nc(NC2CCN(C)C2)n1. The van der Waals surface area contributed by atoms with E-state index in [-0.39, 0.29) is 5.95 Å². The zero-order valence-corrected chi connectivity index (χ0v) is 10.9. The first-order chi connectivity index (χ1) is 8.67. The highest BCUT2D eigenvalue weighted by molar-refractivity contribution is 5.33. The minimum absolute atomic E-state index is 0.185. The van der Waals surface area contributed by atoms with Crippen LogP contribution in [0.15, 0.2) is 0 Å². The standard InChI is InChI=1S/C11H20N6O/c1-3-6-18-11-15-9(12)14-10(16-11)13-8-4-5-17(2)7-8/h8H,3-7H2,1-2H3,(H3,12,13,14,15,16). The molecule has 2 rings (SSSR count). The molecule has 2 heterocycles. The van der Waals surface area contributed by atoms with Crippen LogP contribution in [0.1, 0.15) is 19.8 Å². The fourth-order valence-corrected chi connectivity index (χ4v) is 1.93. The normalized spacial score (nSPS) is 20.0. The van der Waals surface area contributed by atoms with Gasteiger partial charge in [0.25, 0.3) is 0 Å². The summed E-state index contributed by atoms with van der Waals surface area (Å²) in [5.74, 6) is 0.679. The monoisotopic (exact) mass is 252 g/mol. The summed E-state index contributed by atoms with van der Waals surface area (Å²) < 4.78 is 5.37. The molecule has 1 saturated heterocycles. The number of nitrogens with zero attached hydrogens (tertiary/aromatic N) is 4. The molecule has 18 heavy (non-hydrogen) atoms. The molecule has 0 radical (unpaired) electrons. The number of hydrogen-bond acceptors (Lipinski definition) is 7. The van der Waals surface area contributed by atoms with Crippen LogP contribution < -0.4 is 15.8 Å². The Morgan fingerprint density at radius 1 is 1.44 bits per heavy atom. The minimum Gasteiger partial charge on any atom is -0.463 e. The third-order valence-corrected chi connectivity index (χ3v) is 2.79. The molecule has 7 heteroatoms. The van der Waals surface area contributed by atoms with E-state index < -0.39 is 0 Å². The van der Waals surface area contributed by atoms with E-state index in [1.54, 1.807) is 0 Å². The fourth-order valence-electron chi connectivity index (χ4n) is 1.93. The molecule has 0 aliphatic carbocycles. The van der Waals surface area contributed by atoms with Gasteiger partial charge in [-0.1, -0.05) is 6.92 Å². The highest BCUT2D eigenvalue weighted by Gasteiger charge is 2.20. The Balaban J connectivity index is 2.00. The van der Waals surface area contributed by atoms with Crippen LogP contribution in [0, 0.1) is 0 Å². The summed E-state index contributed by atoms with van der Waals surface area (Å²) in [5, 5.41) is 3.27. The number of likely N-dealkylation sites (tertiary alicyclic amines) is 1. The average Bonchev–Trinajstić information content (AvgIpc) is 2.71. The zero-order valence-electron chi connectivity index (χ0n) is 10.9. The molecule has 0 saturated carbocycles. The predicted molar refractivity (Wildman–Crippen MR) is 69.6 cm³/mol. The van der Waals surface area contributed by atoms with Gasteiger partial charge in [0.05, 0.1) is 6.61 Å². The van der Waals surface area contributed by atoms with Crippen LogP contribution in [0.25, 0.3) is 0 Å². The summed E-state index contributed by atoms with van der Waals surface area (Å²) in [6, 6.07) is 0.647. The van der Waals surface area contributed by atoms with Crippen molar-refractivity contribution in [3.8, 4) is 6.01 Å². The Morgan fingerprint density at radius 3 is 2.94 bits per heavy atom. The van der Waals surface area contributed by atoms with Gasteiger partial charge in [0, 0.05) is 12.6 Å². The van der Waals surface area contributed by atoms with Crippen LogP contribution >= 0.6 is 0 Å². The van der Waals surface area contributed by atoms with E-state index in [1.165, 1.54) is 0 Å². The van der Waals surface area contributed by atoms with Crippen molar-refractivity contribution in [1.82, 2.24) is 19.9 Å². The molecule has 0 bridgehead atoms. The molecule has 0 spiro atoms. The number of rotatable bonds is 5. The van der Waals surface area contributed by atoms with Gasteiger partial charge in [-0.25, -0.2) is 0 Å². The number of nitrogens with one attached hydrogen (secondary N) is 1. The lowest BCUT2D eigenvalue weighted by atomic mass is 10.3. The van der Waals surface area contributed by atoms with Gasteiger partial charge in [-0.15, -0.1) is 0 Å². The van der Waals surface area contributed by atoms with Crippen molar-refractivity contribution in [2.45, 2.75) is 25.8 Å². The summed E-state index contributed by atoms with van der Waals surface area (Å²) in [5.41, 5.74) is 5.64. The maximum atomic E-state index is 5.64. The largest absolute Gasteiger partial charge is 0.463 e. The summed E-state index contributed by atoms with van der Waals surface area (Å²) in [6.07, 6.45) is 1.98. The van der Waals surface area contributed by atoms with Crippen LogP contribution in [0.4, 0.5) is 11.9 Å². The number of anilines is 2. The maximum absolute atomic E-state index is 5.64. The summed E-state index contributed by atoms with van der Waals surface area (Å²) in [4.78, 5) is 14.5. The first-order valence-electron chi connectivity index (χ1n) is 6.27. The topological polar surface area (TPSA) is 89.2 Å². The maximum Gasteiger partial charge on any atom is 0.323 e. The number of likely N-dealkylation sites (N-methyl/N-ethyl adjacent to an activating group) is 1. The molecule has 100 valence electrons. The molecule has 0 amide bonds. The predicted octanol–water partition coefficient (Wildman–Crippen LogP) is 0.359. The zero-order chi connectivity index (χ0) is 13.0. The van der Waals surface area contributed by atoms with Gasteiger partial charge >= 0.3 is 6.01 Å². The number of ether oxygens (including phenoxy) is 1. The van der Waals surface area contributed by atoms with Gasteiger partial charge in [0.2, 0.25) is 11.9 Å². The third-order valence-electron chi connectivity index (χ3n) is 2.79. The van der Waals surface area contributed by atoms with Crippen LogP contribution in [-0.4, -0.2) is 52.6 Å². The summed E-state index contributed by atoms with van der Waals surface area (Å²) in [7, 11) is 2.10. The second kappa shape index (κ2) is 5.81. The van der Waals surface area contributed by atoms with Crippen molar-refractivity contribution in [2.24, 2.45) is 0 Å². The molecule has 1 aliphatic heterocycles. The van der Waals surface area contributed by atoms with E-state index in [1.807, 2.05) is 6.92 Å². The molecule has 3 N–H and O–H groups in total. The lowest BCUT2D eigenvalue weighted by Crippen LogP contribution is -2.25. The second-order valence-electron chi connectivity index (χ2n) is 4.54. The van der Waals surface area contributed by atoms with Gasteiger partial charge in [-0.3, -0.25) is 0 Å². The smallest absolute Gasteiger partial charge is 0.323 e. The Hall–Kier alpha value is -1.63. The van der Waals surface area contributed by atoms with Gasteiger partial charge in [-0.2, -0.15) is 15.0 Å². The molecule has 1 unspecified atom stereocenters. The van der Waals surface area contributed by atoms with E-state index in [4.69, 9.17) is 10.5 Å². The van der Waals surface area contributed by atoms with Gasteiger partial charge in [0.1, 0.15) is 0 Å². The molecule has 1 fully saturated rings. The Morgan fingerprint density at radius 2 is 2.28 bits per heavy atom. The number of nitrogen functional groups attached to an aromatic ring is 1. The van der Waals surface area contributed by atoms with E-state index in [2.05, 4.69) is 32.2 Å². The number of hydrogen-bond donors (Lipinski definition) is 2. The quantitative estimate of drug-likeness (QED) is 0.782. The van der Waals surface area contributed by atoms with Crippen LogP contribution in [0.3, 0.4) is 0 Å². The fraction of sp³-hybridized carbons (Fsp3) is 0.727. The van der Waals surface area contributed by atoms with Crippen molar-refractivity contribution in [1.29, 1.82) is 0 Å². The lowest BCUT2D eigenvalue weighted by molar-refractivity contribution is 0.292. The van der Waals surface area contributed by atoms with Crippen LogP contribution in [0.5, 0.6) is 6.01 Å². The van der Waals surface area contributed by atoms with Gasteiger partial charge in [0.15, 0.2) is 0 Å².